The molecule has 0 atom stereocenters. The second-order valence-corrected chi connectivity index (χ2v) is 7.83. The van der Waals surface area contributed by atoms with Gasteiger partial charge in [0.1, 0.15) is 0 Å². The number of imidazole rings is 1. The Morgan fingerprint density at radius 2 is 2.00 bits per heavy atom. The van der Waals surface area contributed by atoms with Crippen molar-refractivity contribution >= 4 is 16.7 Å². The lowest BCUT2D eigenvalue weighted by atomic mass is 9.88. The van der Waals surface area contributed by atoms with Crippen LogP contribution < -0.4 is 5.32 Å². The molecule has 0 radical (unpaired) electrons. The second-order valence-electron chi connectivity index (χ2n) is 7.83. The summed E-state index contributed by atoms with van der Waals surface area (Å²) in [4.78, 5) is 12.5. The molecule has 0 bridgehead atoms. The van der Waals surface area contributed by atoms with Gasteiger partial charge in [0.05, 0.1) is 17.6 Å². The molecule has 27 heavy (non-hydrogen) atoms. The van der Waals surface area contributed by atoms with Crippen LogP contribution in [0.5, 0.6) is 0 Å². The van der Waals surface area contributed by atoms with Crippen molar-refractivity contribution in [1.82, 2.24) is 24.7 Å². The molecule has 138 valence electrons. The molecule has 1 fully saturated rings. The van der Waals surface area contributed by atoms with Crippen LogP contribution in [0.1, 0.15) is 49.7 Å². The van der Waals surface area contributed by atoms with Crippen molar-refractivity contribution in [2.75, 3.05) is 13.1 Å². The van der Waals surface area contributed by atoms with E-state index in [9.17, 15) is 0 Å². The maximum Gasteiger partial charge on any atom is 0.234 e. The predicted octanol–water partition coefficient (Wildman–Crippen LogP) is 4.47. The number of aromatic nitrogens is 4. The molecule has 0 spiro atoms. The Kier molecular flexibility index (Phi) is 3.97. The van der Waals surface area contributed by atoms with E-state index < -0.39 is 0 Å². The van der Waals surface area contributed by atoms with Gasteiger partial charge in [-0.2, -0.15) is 0 Å². The molecule has 1 aliphatic rings. The fraction of sp³-hybridized carbons (Fsp3) is 0.364. The minimum absolute atomic E-state index is 0.416. The van der Waals surface area contributed by atoms with Gasteiger partial charge in [0.25, 0.3) is 0 Å². The SMILES string of the molecule is CC(C)c1c(-c2cnc3ncccn23)[nH]c2ccc(C3CCNCC3)cc12. The number of nitrogens with zero attached hydrogens (tertiary/aromatic N) is 3. The molecule has 1 aliphatic heterocycles. The fourth-order valence-corrected chi connectivity index (χ4v) is 4.45. The maximum atomic E-state index is 4.48. The zero-order valence-corrected chi connectivity index (χ0v) is 15.9. The smallest absolute Gasteiger partial charge is 0.234 e. The Balaban J connectivity index is 1.69. The van der Waals surface area contributed by atoms with E-state index in [1.165, 1.54) is 34.9 Å². The molecule has 5 nitrogen and oxygen atoms in total. The van der Waals surface area contributed by atoms with E-state index in [1.807, 2.05) is 18.5 Å². The summed E-state index contributed by atoms with van der Waals surface area (Å²) in [5.41, 5.74) is 6.26. The van der Waals surface area contributed by atoms with Gasteiger partial charge in [0.2, 0.25) is 5.78 Å². The zero-order chi connectivity index (χ0) is 18.4. The highest BCUT2D eigenvalue weighted by Crippen LogP contribution is 2.37. The Bertz CT molecular complexity index is 1100. The minimum atomic E-state index is 0.416. The van der Waals surface area contributed by atoms with Gasteiger partial charge in [-0.1, -0.05) is 19.9 Å². The normalized spacial score (nSPS) is 16.0. The molecule has 4 aromatic rings. The maximum absolute atomic E-state index is 4.48. The van der Waals surface area contributed by atoms with Gasteiger partial charge < -0.3 is 10.3 Å². The molecule has 5 rings (SSSR count). The molecule has 0 unspecified atom stereocenters. The number of fused-ring (bicyclic) bond motifs is 2. The van der Waals surface area contributed by atoms with Crippen molar-refractivity contribution in [2.24, 2.45) is 0 Å². The van der Waals surface area contributed by atoms with Crippen LogP contribution in [0.4, 0.5) is 0 Å². The topological polar surface area (TPSA) is 58.0 Å². The van der Waals surface area contributed by atoms with Crippen LogP contribution >= 0.6 is 0 Å². The molecule has 1 aromatic carbocycles. The molecular formula is C22H25N5. The highest BCUT2D eigenvalue weighted by molar-refractivity contribution is 5.91. The number of aromatic amines is 1. The highest BCUT2D eigenvalue weighted by Gasteiger charge is 2.21. The standard InChI is InChI=1S/C22H25N5/c1-14(2)20-17-12-16(15-6-9-23-10-7-15)4-5-18(17)26-21(20)19-13-25-22-24-8-3-11-27(19)22/h3-5,8,11-15,23,26H,6-7,9-10H2,1-2H3. The monoisotopic (exact) mass is 359 g/mol. The van der Waals surface area contributed by atoms with E-state index in [-0.39, 0.29) is 0 Å². The molecule has 0 aliphatic carbocycles. The Hall–Kier alpha value is -2.66. The lowest BCUT2D eigenvalue weighted by molar-refractivity contribution is 0.460. The van der Waals surface area contributed by atoms with E-state index in [2.05, 4.69) is 56.7 Å². The van der Waals surface area contributed by atoms with Crippen LogP contribution in [0.3, 0.4) is 0 Å². The van der Waals surface area contributed by atoms with Crippen LogP contribution in [-0.4, -0.2) is 32.4 Å². The van der Waals surface area contributed by atoms with Crippen molar-refractivity contribution < 1.29 is 0 Å². The molecular weight excluding hydrogens is 334 g/mol. The van der Waals surface area contributed by atoms with Crippen molar-refractivity contribution in [3.8, 4) is 11.4 Å². The first-order valence-corrected chi connectivity index (χ1v) is 9.87. The molecule has 3 aromatic heterocycles. The third-order valence-corrected chi connectivity index (χ3v) is 5.80. The Morgan fingerprint density at radius 1 is 1.15 bits per heavy atom. The van der Waals surface area contributed by atoms with Gasteiger partial charge >= 0.3 is 0 Å². The first kappa shape index (κ1) is 16.5. The molecule has 5 heteroatoms. The zero-order valence-electron chi connectivity index (χ0n) is 15.9. The van der Waals surface area contributed by atoms with E-state index in [0.717, 1.165) is 30.3 Å². The van der Waals surface area contributed by atoms with E-state index in [1.54, 1.807) is 6.20 Å². The molecule has 1 saturated heterocycles. The van der Waals surface area contributed by atoms with Crippen molar-refractivity contribution in [2.45, 2.75) is 38.5 Å². The third kappa shape index (κ3) is 2.73. The van der Waals surface area contributed by atoms with Crippen molar-refractivity contribution in [3.05, 3.63) is 54.0 Å². The summed E-state index contributed by atoms with van der Waals surface area (Å²) < 4.78 is 2.06. The van der Waals surface area contributed by atoms with Crippen LogP contribution in [0.25, 0.3) is 28.1 Å². The minimum Gasteiger partial charge on any atom is -0.353 e. The first-order valence-electron chi connectivity index (χ1n) is 9.87. The highest BCUT2D eigenvalue weighted by atomic mass is 15.1. The summed E-state index contributed by atoms with van der Waals surface area (Å²) in [7, 11) is 0. The number of benzene rings is 1. The number of hydrogen-bond donors (Lipinski definition) is 2. The van der Waals surface area contributed by atoms with Crippen LogP contribution in [0.15, 0.2) is 42.9 Å². The lowest BCUT2D eigenvalue weighted by Crippen LogP contribution is -2.26. The average molecular weight is 359 g/mol. The van der Waals surface area contributed by atoms with Gasteiger partial charge in [-0.05, 0) is 67.1 Å². The van der Waals surface area contributed by atoms with Crippen LogP contribution in [0.2, 0.25) is 0 Å². The Labute approximate surface area is 158 Å². The van der Waals surface area contributed by atoms with Gasteiger partial charge in [-0.3, -0.25) is 4.40 Å². The fourth-order valence-electron chi connectivity index (χ4n) is 4.45. The van der Waals surface area contributed by atoms with Crippen LogP contribution in [0, 0.1) is 0 Å². The van der Waals surface area contributed by atoms with Gasteiger partial charge in [-0.25, -0.2) is 9.97 Å². The third-order valence-electron chi connectivity index (χ3n) is 5.80. The summed E-state index contributed by atoms with van der Waals surface area (Å²) in [5, 5.41) is 4.81. The van der Waals surface area contributed by atoms with Crippen molar-refractivity contribution in [1.29, 1.82) is 0 Å². The second kappa shape index (κ2) is 6.50. The van der Waals surface area contributed by atoms with Gasteiger partial charge in [-0.15, -0.1) is 0 Å². The van der Waals surface area contributed by atoms with Gasteiger partial charge in [0, 0.05) is 23.3 Å². The molecule has 0 saturated carbocycles. The predicted molar refractivity (Wildman–Crippen MR) is 109 cm³/mol. The first-order chi connectivity index (χ1) is 13.2. The van der Waals surface area contributed by atoms with Crippen molar-refractivity contribution in [3.63, 3.8) is 0 Å². The average Bonchev–Trinajstić information content (AvgIpc) is 3.29. The van der Waals surface area contributed by atoms with Gasteiger partial charge in [0.15, 0.2) is 0 Å². The quantitative estimate of drug-likeness (QED) is 0.567. The largest absolute Gasteiger partial charge is 0.353 e. The number of rotatable bonds is 3. The number of nitrogens with one attached hydrogen (secondary N) is 2. The van der Waals surface area contributed by atoms with E-state index in [4.69, 9.17) is 0 Å². The summed E-state index contributed by atoms with van der Waals surface area (Å²) in [5.74, 6) is 1.81. The number of hydrogen-bond acceptors (Lipinski definition) is 3. The summed E-state index contributed by atoms with van der Waals surface area (Å²) >= 11 is 0. The molecule has 4 heterocycles. The number of H-pyrrole nitrogens is 1. The van der Waals surface area contributed by atoms with E-state index in [0.29, 0.717) is 11.8 Å². The van der Waals surface area contributed by atoms with E-state index >= 15 is 0 Å². The number of piperidine rings is 1. The Morgan fingerprint density at radius 3 is 2.81 bits per heavy atom. The molecule has 2 N–H and O–H groups in total. The summed E-state index contributed by atoms with van der Waals surface area (Å²) in [6, 6.07) is 8.93. The summed E-state index contributed by atoms with van der Waals surface area (Å²) in [6.07, 6.45) is 8.18. The lowest BCUT2D eigenvalue weighted by Gasteiger charge is -2.23. The van der Waals surface area contributed by atoms with Crippen LogP contribution in [-0.2, 0) is 0 Å². The summed E-state index contributed by atoms with van der Waals surface area (Å²) in [6.45, 7) is 6.77. The molecule has 0 amide bonds.